The highest BCUT2D eigenvalue weighted by molar-refractivity contribution is 5.95. The van der Waals surface area contributed by atoms with Crippen LogP contribution in [0.1, 0.15) is 47.8 Å². The summed E-state index contributed by atoms with van der Waals surface area (Å²) < 4.78 is 6.30. The summed E-state index contributed by atoms with van der Waals surface area (Å²) in [6.07, 6.45) is 7.54. The molecule has 2 aromatic rings. The summed E-state index contributed by atoms with van der Waals surface area (Å²) in [6.45, 7) is 1.05. The maximum atomic E-state index is 13.3. The fourth-order valence-corrected chi connectivity index (χ4v) is 4.65. The number of piperidine rings is 1. The number of rotatable bonds is 2. The van der Waals surface area contributed by atoms with Gasteiger partial charge in [-0.2, -0.15) is 0 Å². The fourth-order valence-electron chi connectivity index (χ4n) is 4.65. The Morgan fingerprint density at radius 2 is 1.89 bits per heavy atom. The number of nitrogens with zero attached hydrogens (tertiary/aromatic N) is 4. The molecule has 0 aliphatic carbocycles. The minimum absolute atomic E-state index is 0.0128. The fraction of sp³-hybridized carbons (Fsp3) is 0.429. The zero-order chi connectivity index (χ0) is 19.1. The van der Waals surface area contributed by atoms with E-state index in [1.54, 1.807) is 18.6 Å². The van der Waals surface area contributed by atoms with Crippen LogP contribution < -0.4 is 0 Å². The van der Waals surface area contributed by atoms with Crippen LogP contribution in [0, 0.1) is 0 Å². The van der Waals surface area contributed by atoms with Crippen LogP contribution in [0.5, 0.6) is 0 Å². The summed E-state index contributed by atoms with van der Waals surface area (Å²) >= 11 is 0. The number of aromatic nitrogens is 2. The molecule has 28 heavy (non-hydrogen) atoms. The van der Waals surface area contributed by atoms with Gasteiger partial charge in [0.1, 0.15) is 6.23 Å². The van der Waals surface area contributed by atoms with Crippen molar-refractivity contribution in [3.8, 4) is 0 Å². The summed E-state index contributed by atoms with van der Waals surface area (Å²) in [7, 11) is 0. The number of likely N-dealkylation sites (tertiary alicyclic amines) is 1. The Morgan fingerprint density at radius 3 is 2.61 bits per heavy atom. The van der Waals surface area contributed by atoms with E-state index in [9.17, 15) is 9.59 Å². The van der Waals surface area contributed by atoms with Crippen LogP contribution >= 0.6 is 0 Å². The molecule has 2 atom stereocenters. The highest BCUT2D eigenvalue weighted by atomic mass is 16.6. The van der Waals surface area contributed by atoms with E-state index in [1.165, 1.54) is 0 Å². The Bertz CT molecular complexity index is 881. The van der Waals surface area contributed by atoms with Crippen molar-refractivity contribution < 1.29 is 14.3 Å². The number of amides is 2. The van der Waals surface area contributed by atoms with E-state index in [-0.39, 0.29) is 24.1 Å². The molecule has 3 saturated heterocycles. The molecule has 3 aliphatic heterocycles. The Labute approximate surface area is 163 Å². The van der Waals surface area contributed by atoms with E-state index in [2.05, 4.69) is 9.97 Å². The van der Waals surface area contributed by atoms with Crippen LogP contribution in [0.2, 0.25) is 0 Å². The van der Waals surface area contributed by atoms with Gasteiger partial charge in [-0.05, 0) is 25.0 Å². The van der Waals surface area contributed by atoms with E-state index in [0.29, 0.717) is 31.5 Å². The zero-order valence-corrected chi connectivity index (χ0v) is 15.5. The maximum absolute atomic E-state index is 13.3. The lowest BCUT2D eigenvalue weighted by Gasteiger charge is -2.37. The van der Waals surface area contributed by atoms with Crippen LogP contribution in [-0.2, 0) is 9.53 Å². The van der Waals surface area contributed by atoms with Gasteiger partial charge >= 0.3 is 0 Å². The average molecular weight is 378 g/mol. The molecule has 1 aromatic heterocycles. The topological polar surface area (TPSA) is 75.6 Å². The molecular formula is C21H22N4O3. The summed E-state index contributed by atoms with van der Waals surface area (Å²) in [4.78, 5) is 38.3. The van der Waals surface area contributed by atoms with E-state index < -0.39 is 5.60 Å². The number of carbonyl (C=O) groups excluding carboxylic acids is 2. The van der Waals surface area contributed by atoms with E-state index >= 15 is 0 Å². The van der Waals surface area contributed by atoms with Gasteiger partial charge in [0, 0.05) is 43.9 Å². The third kappa shape index (κ3) is 2.69. The van der Waals surface area contributed by atoms with Crippen LogP contribution in [0.4, 0.5) is 0 Å². The first-order valence-corrected chi connectivity index (χ1v) is 9.79. The minimum atomic E-state index is -0.807. The highest BCUT2D eigenvalue weighted by Gasteiger charge is 2.58. The van der Waals surface area contributed by atoms with Crippen LogP contribution in [0.15, 0.2) is 48.9 Å². The second-order valence-electron chi connectivity index (χ2n) is 7.66. The molecule has 0 radical (unpaired) electrons. The molecule has 0 N–H and O–H groups in total. The van der Waals surface area contributed by atoms with Gasteiger partial charge in [0.2, 0.25) is 0 Å². The summed E-state index contributed by atoms with van der Waals surface area (Å²) in [6, 6.07) is 9.20. The molecule has 7 heteroatoms. The molecule has 0 unspecified atom stereocenters. The van der Waals surface area contributed by atoms with Crippen molar-refractivity contribution in [1.82, 2.24) is 19.8 Å². The Morgan fingerprint density at radius 1 is 1.11 bits per heavy atom. The monoisotopic (exact) mass is 378 g/mol. The molecule has 7 nitrogen and oxygen atoms in total. The van der Waals surface area contributed by atoms with Gasteiger partial charge in [-0.15, -0.1) is 0 Å². The second-order valence-corrected chi connectivity index (χ2v) is 7.66. The van der Waals surface area contributed by atoms with Crippen molar-refractivity contribution in [3.63, 3.8) is 0 Å². The van der Waals surface area contributed by atoms with Gasteiger partial charge in [-0.25, -0.2) is 0 Å². The minimum Gasteiger partial charge on any atom is -0.342 e. The van der Waals surface area contributed by atoms with Crippen molar-refractivity contribution in [1.29, 1.82) is 0 Å². The molecule has 5 rings (SSSR count). The molecule has 2 amide bonds. The predicted molar refractivity (Wildman–Crippen MR) is 100 cm³/mol. The van der Waals surface area contributed by atoms with Gasteiger partial charge < -0.3 is 14.5 Å². The summed E-state index contributed by atoms with van der Waals surface area (Å²) in [5.74, 6) is 0.0521. The number of hydrogen-bond donors (Lipinski definition) is 0. The number of fused-ring (bicyclic) bond motifs is 1. The molecule has 1 spiro atoms. The van der Waals surface area contributed by atoms with Crippen LogP contribution in [-0.4, -0.2) is 56.5 Å². The molecule has 0 bridgehead atoms. The van der Waals surface area contributed by atoms with Crippen LogP contribution in [0.3, 0.4) is 0 Å². The van der Waals surface area contributed by atoms with E-state index in [1.807, 2.05) is 40.1 Å². The number of ether oxygens (including phenoxy) is 1. The van der Waals surface area contributed by atoms with Crippen molar-refractivity contribution in [3.05, 3.63) is 60.2 Å². The van der Waals surface area contributed by atoms with Gasteiger partial charge in [0.15, 0.2) is 5.60 Å². The average Bonchev–Trinajstić information content (AvgIpc) is 3.28. The van der Waals surface area contributed by atoms with Gasteiger partial charge in [0.05, 0.1) is 17.9 Å². The molecule has 0 saturated carbocycles. The quantitative estimate of drug-likeness (QED) is 0.801. The van der Waals surface area contributed by atoms with Gasteiger partial charge in [-0.1, -0.05) is 18.2 Å². The van der Waals surface area contributed by atoms with E-state index in [4.69, 9.17) is 4.74 Å². The van der Waals surface area contributed by atoms with Gasteiger partial charge in [0.25, 0.3) is 11.8 Å². The SMILES string of the molecule is O=C(c1ccccc1)N1CCC2(CC1)O[C@@H]1CC[C@@H](c3cnccn3)N1C2=O. The lowest BCUT2D eigenvalue weighted by molar-refractivity contribution is -0.142. The first kappa shape index (κ1) is 17.3. The lowest BCUT2D eigenvalue weighted by atomic mass is 9.89. The van der Waals surface area contributed by atoms with Crippen molar-refractivity contribution in [2.24, 2.45) is 0 Å². The van der Waals surface area contributed by atoms with Crippen LogP contribution in [0.25, 0.3) is 0 Å². The third-order valence-electron chi connectivity index (χ3n) is 6.12. The molecule has 1 aromatic carbocycles. The Balaban J connectivity index is 1.31. The molecule has 3 aliphatic rings. The van der Waals surface area contributed by atoms with Crippen molar-refractivity contribution >= 4 is 11.8 Å². The first-order valence-electron chi connectivity index (χ1n) is 9.79. The standard InChI is InChI=1S/C21H22N4O3/c26-19(15-4-2-1-3-5-15)24-12-8-21(9-13-24)20(27)25-17(6-7-18(25)28-21)16-14-22-10-11-23-16/h1-5,10-11,14,17-18H,6-9,12-13H2/t17-,18+/m0/s1. The normalized spacial score (nSPS) is 25.9. The van der Waals surface area contributed by atoms with E-state index in [0.717, 1.165) is 18.5 Å². The molecule has 144 valence electrons. The first-order chi connectivity index (χ1) is 13.7. The zero-order valence-electron chi connectivity index (χ0n) is 15.5. The Hall–Kier alpha value is -2.80. The number of carbonyl (C=O) groups is 2. The number of hydrogen-bond acceptors (Lipinski definition) is 5. The largest absolute Gasteiger partial charge is 0.342 e. The second kappa shape index (κ2) is 6.67. The van der Waals surface area contributed by atoms with Crippen molar-refractivity contribution in [2.45, 2.75) is 43.6 Å². The lowest BCUT2D eigenvalue weighted by Crippen LogP contribution is -2.51. The highest BCUT2D eigenvalue weighted by Crippen LogP contribution is 2.47. The number of benzene rings is 1. The maximum Gasteiger partial charge on any atom is 0.257 e. The van der Waals surface area contributed by atoms with Gasteiger partial charge in [-0.3, -0.25) is 19.6 Å². The molecule has 4 heterocycles. The molecule has 3 fully saturated rings. The smallest absolute Gasteiger partial charge is 0.257 e. The Kier molecular flexibility index (Phi) is 4.12. The van der Waals surface area contributed by atoms with Crippen molar-refractivity contribution in [2.75, 3.05) is 13.1 Å². The predicted octanol–water partition coefficient (Wildman–Crippen LogP) is 2.17. The summed E-state index contributed by atoms with van der Waals surface area (Å²) in [5, 5.41) is 0. The molecular weight excluding hydrogens is 356 g/mol. The summed E-state index contributed by atoms with van der Waals surface area (Å²) in [5.41, 5.74) is 0.690. The third-order valence-corrected chi connectivity index (χ3v) is 6.12.